The molecule has 3 aromatic rings. The van der Waals surface area contributed by atoms with Gasteiger partial charge in [-0.05, 0) is 18.6 Å². The van der Waals surface area contributed by atoms with Crippen LogP contribution in [0.15, 0.2) is 48.5 Å². The highest BCUT2D eigenvalue weighted by Crippen LogP contribution is 2.29. The molecule has 0 saturated carbocycles. The van der Waals surface area contributed by atoms with E-state index in [0.29, 0.717) is 29.2 Å². The van der Waals surface area contributed by atoms with Crippen molar-refractivity contribution >= 4 is 17.9 Å². The van der Waals surface area contributed by atoms with E-state index in [4.69, 9.17) is 11.6 Å². The molecule has 0 aliphatic rings. The number of rotatable bonds is 4. The van der Waals surface area contributed by atoms with Gasteiger partial charge in [-0.15, -0.1) is 5.10 Å². The first-order valence-electron chi connectivity index (χ1n) is 6.88. The van der Waals surface area contributed by atoms with E-state index in [-0.39, 0.29) is 0 Å². The number of aromatic nitrogens is 3. The minimum Gasteiger partial charge on any atom is -0.296 e. The third-order valence-electron chi connectivity index (χ3n) is 3.45. The first-order chi connectivity index (χ1) is 10.7. The van der Waals surface area contributed by atoms with E-state index < -0.39 is 0 Å². The van der Waals surface area contributed by atoms with Crippen molar-refractivity contribution in [3.63, 3.8) is 0 Å². The number of carbonyl (C=O) groups is 1. The van der Waals surface area contributed by atoms with Crippen molar-refractivity contribution in [3.05, 3.63) is 70.4 Å². The van der Waals surface area contributed by atoms with E-state index >= 15 is 0 Å². The van der Waals surface area contributed by atoms with Crippen LogP contribution in [0.3, 0.4) is 0 Å². The van der Waals surface area contributed by atoms with Crippen molar-refractivity contribution in [2.45, 2.75) is 13.5 Å². The van der Waals surface area contributed by atoms with Crippen molar-refractivity contribution in [1.29, 1.82) is 0 Å². The Balaban J connectivity index is 2.06. The van der Waals surface area contributed by atoms with Crippen LogP contribution < -0.4 is 0 Å². The van der Waals surface area contributed by atoms with Crippen LogP contribution >= 0.6 is 11.6 Å². The first kappa shape index (κ1) is 14.5. The minimum absolute atomic E-state index is 0.292. The summed E-state index contributed by atoms with van der Waals surface area (Å²) in [5.74, 6) is 0. The lowest BCUT2D eigenvalue weighted by atomic mass is 10.1. The highest BCUT2D eigenvalue weighted by atomic mass is 35.5. The molecule has 22 heavy (non-hydrogen) atoms. The fourth-order valence-electron chi connectivity index (χ4n) is 2.31. The Hall–Kier alpha value is -2.46. The van der Waals surface area contributed by atoms with Gasteiger partial charge in [0.2, 0.25) is 0 Å². The minimum atomic E-state index is 0.292. The fraction of sp³-hybridized carbons (Fsp3) is 0.118. The maximum Gasteiger partial charge on any atom is 0.172 e. The molecule has 0 amide bonds. The average molecular weight is 312 g/mol. The summed E-state index contributed by atoms with van der Waals surface area (Å²) in [4.78, 5) is 11.3. The van der Waals surface area contributed by atoms with Crippen molar-refractivity contribution in [2.75, 3.05) is 0 Å². The van der Waals surface area contributed by atoms with Crippen molar-refractivity contribution in [2.24, 2.45) is 0 Å². The Bertz CT molecular complexity index is 809. The number of hydrogen-bond acceptors (Lipinski definition) is 3. The molecule has 0 aliphatic carbocycles. The van der Waals surface area contributed by atoms with E-state index in [1.165, 1.54) is 5.56 Å². The predicted molar refractivity (Wildman–Crippen MR) is 86.1 cm³/mol. The molecular formula is C17H14ClN3O. The number of carbonyl (C=O) groups excluding carboxylic acids is 1. The van der Waals surface area contributed by atoms with Crippen LogP contribution in [0.4, 0.5) is 0 Å². The van der Waals surface area contributed by atoms with Gasteiger partial charge in [0.05, 0.1) is 11.6 Å². The molecule has 2 aromatic carbocycles. The maximum absolute atomic E-state index is 11.3. The maximum atomic E-state index is 11.3. The summed E-state index contributed by atoms with van der Waals surface area (Å²) in [6.07, 6.45) is 0.706. The Labute approximate surface area is 133 Å². The Kier molecular flexibility index (Phi) is 4.02. The van der Waals surface area contributed by atoms with Crippen LogP contribution in [-0.2, 0) is 6.54 Å². The summed E-state index contributed by atoms with van der Waals surface area (Å²) in [5.41, 5.74) is 3.97. The van der Waals surface area contributed by atoms with Gasteiger partial charge in [-0.25, -0.2) is 4.68 Å². The van der Waals surface area contributed by atoms with Crippen molar-refractivity contribution in [3.8, 4) is 11.3 Å². The second kappa shape index (κ2) is 6.12. The molecule has 0 N–H and O–H groups in total. The van der Waals surface area contributed by atoms with Gasteiger partial charge >= 0.3 is 0 Å². The summed E-state index contributed by atoms with van der Waals surface area (Å²) in [6.45, 7) is 2.57. The number of aldehydes is 1. The zero-order valence-electron chi connectivity index (χ0n) is 12.0. The average Bonchev–Trinajstić information content (AvgIpc) is 2.93. The molecule has 0 spiro atoms. The second-order valence-corrected chi connectivity index (χ2v) is 5.47. The molecule has 3 rings (SSSR count). The molecule has 1 heterocycles. The zero-order chi connectivity index (χ0) is 15.5. The Morgan fingerprint density at radius 1 is 1.14 bits per heavy atom. The highest BCUT2D eigenvalue weighted by molar-refractivity contribution is 6.33. The van der Waals surface area contributed by atoms with Gasteiger partial charge in [0.25, 0.3) is 0 Å². The summed E-state index contributed by atoms with van der Waals surface area (Å²) < 4.78 is 1.70. The van der Waals surface area contributed by atoms with Gasteiger partial charge < -0.3 is 0 Å². The largest absolute Gasteiger partial charge is 0.296 e. The van der Waals surface area contributed by atoms with Gasteiger partial charge in [-0.3, -0.25) is 4.79 Å². The predicted octanol–water partition coefficient (Wildman–Crippen LogP) is 3.77. The molecule has 1 aromatic heterocycles. The van der Waals surface area contributed by atoms with Crippen LogP contribution in [0.1, 0.15) is 21.6 Å². The number of halogens is 1. The lowest BCUT2D eigenvalue weighted by Gasteiger charge is -2.09. The lowest BCUT2D eigenvalue weighted by Crippen LogP contribution is -2.05. The molecule has 0 atom stereocenters. The first-order valence-corrected chi connectivity index (χ1v) is 7.26. The standard InChI is InChI=1S/C17H14ClN3O/c1-12-6-8-13(9-7-12)10-21-17(16(11-22)19-20-21)14-4-2-3-5-15(14)18/h2-9,11H,10H2,1H3. The van der Waals surface area contributed by atoms with E-state index in [1.54, 1.807) is 10.7 Å². The summed E-state index contributed by atoms with van der Waals surface area (Å²) in [7, 11) is 0. The monoisotopic (exact) mass is 311 g/mol. The topological polar surface area (TPSA) is 47.8 Å². The van der Waals surface area contributed by atoms with E-state index in [2.05, 4.69) is 10.3 Å². The van der Waals surface area contributed by atoms with Crippen LogP contribution in [-0.4, -0.2) is 21.3 Å². The normalized spacial score (nSPS) is 10.6. The zero-order valence-corrected chi connectivity index (χ0v) is 12.8. The van der Waals surface area contributed by atoms with Gasteiger partial charge in [-0.1, -0.05) is 64.8 Å². The molecular weight excluding hydrogens is 298 g/mol. The molecule has 110 valence electrons. The fourth-order valence-corrected chi connectivity index (χ4v) is 2.54. The van der Waals surface area contributed by atoms with E-state index in [1.807, 2.05) is 49.4 Å². The lowest BCUT2D eigenvalue weighted by molar-refractivity contribution is 0.111. The molecule has 0 fully saturated rings. The van der Waals surface area contributed by atoms with Gasteiger partial charge in [0.1, 0.15) is 5.69 Å². The van der Waals surface area contributed by atoms with E-state index in [9.17, 15) is 4.79 Å². The van der Waals surface area contributed by atoms with Gasteiger partial charge in [0.15, 0.2) is 12.0 Å². The number of hydrogen-bond donors (Lipinski definition) is 0. The van der Waals surface area contributed by atoms with Crippen molar-refractivity contribution in [1.82, 2.24) is 15.0 Å². The molecule has 0 unspecified atom stereocenters. The molecule has 0 saturated heterocycles. The van der Waals surface area contributed by atoms with Gasteiger partial charge in [-0.2, -0.15) is 0 Å². The van der Waals surface area contributed by atoms with Crippen molar-refractivity contribution < 1.29 is 4.79 Å². The van der Waals surface area contributed by atoms with Crippen LogP contribution in [0.2, 0.25) is 5.02 Å². The number of benzene rings is 2. The highest BCUT2D eigenvalue weighted by Gasteiger charge is 2.16. The van der Waals surface area contributed by atoms with E-state index in [0.717, 1.165) is 11.1 Å². The Morgan fingerprint density at radius 2 is 1.86 bits per heavy atom. The quantitative estimate of drug-likeness (QED) is 0.689. The van der Waals surface area contributed by atoms with Crippen LogP contribution in [0.5, 0.6) is 0 Å². The third kappa shape index (κ3) is 2.78. The number of aryl methyl sites for hydroxylation is 1. The molecule has 0 bridgehead atoms. The van der Waals surface area contributed by atoms with Crippen LogP contribution in [0, 0.1) is 6.92 Å². The molecule has 0 aliphatic heterocycles. The molecule has 0 radical (unpaired) electrons. The second-order valence-electron chi connectivity index (χ2n) is 5.06. The van der Waals surface area contributed by atoms with Crippen LogP contribution in [0.25, 0.3) is 11.3 Å². The smallest absolute Gasteiger partial charge is 0.172 e. The Morgan fingerprint density at radius 3 is 2.55 bits per heavy atom. The summed E-state index contributed by atoms with van der Waals surface area (Å²) in [5, 5.41) is 8.62. The SMILES string of the molecule is Cc1ccc(Cn2nnc(C=O)c2-c2ccccc2Cl)cc1. The molecule has 5 heteroatoms. The number of nitrogens with zero attached hydrogens (tertiary/aromatic N) is 3. The summed E-state index contributed by atoms with van der Waals surface area (Å²) >= 11 is 6.26. The summed E-state index contributed by atoms with van der Waals surface area (Å²) in [6, 6.07) is 15.5. The third-order valence-corrected chi connectivity index (χ3v) is 3.78. The molecule has 4 nitrogen and oxygen atoms in total. The van der Waals surface area contributed by atoms with Gasteiger partial charge in [0, 0.05) is 5.56 Å².